The SMILES string of the molecule is CCOC(=O)c1c(NC(=O)Cc2noc3ccccc23)sc(C)c1C. The van der Waals surface area contributed by atoms with Crippen molar-refractivity contribution < 1.29 is 18.8 Å². The number of thiophene rings is 1. The maximum atomic E-state index is 12.4. The van der Waals surface area contributed by atoms with E-state index < -0.39 is 5.97 Å². The fraction of sp³-hybridized carbons (Fsp3) is 0.278. The number of nitrogens with zero attached hydrogens (tertiary/aromatic N) is 1. The van der Waals surface area contributed by atoms with Crippen LogP contribution in [0.3, 0.4) is 0 Å². The number of amides is 1. The number of aryl methyl sites for hydroxylation is 1. The monoisotopic (exact) mass is 358 g/mol. The maximum absolute atomic E-state index is 12.4. The van der Waals surface area contributed by atoms with Crippen LogP contribution in [-0.4, -0.2) is 23.6 Å². The van der Waals surface area contributed by atoms with Gasteiger partial charge in [0.2, 0.25) is 5.91 Å². The minimum Gasteiger partial charge on any atom is -0.462 e. The van der Waals surface area contributed by atoms with Crippen LogP contribution < -0.4 is 5.32 Å². The van der Waals surface area contributed by atoms with Gasteiger partial charge in [-0.1, -0.05) is 17.3 Å². The van der Waals surface area contributed by atoms with Crippen LogP contribution in [0.4, 0.5) is 5.00 Å². The lowest BCUT2D eigenvalue weighted by molar-refractivity contribution is -0.115. The van der Waals surface area contributed by atoms with E-state index in [0.29, 0.717) is 21.8 Å². The van der Waals surface area contributed by atoms with Gasteiger partial charge >= 0.3 is 5.97 Å². The Hall–Kier alpha value is -2.67. The number of hydrogen-bond acceptors (Lipinski definition) is 6. The molecule has 2 aromatic heterocycles. The zero-order chi connectivity index (χ0) is 18.0. The molecule has 0 radical (unpaired) electrons. The van der Waals surface area contributed by atoms with E-state index in [2.05, 4.69) is 10.5 Å². The first kappa shape index (κ1) is 17.2. The highest BCUT2D eigenvalue weighted by Crippen LogP contribution is 2.33. The van der Waals surface area contributed by atoms with Crippen LogP contribution in [-0.2, 0) is 16.0 Å². The van der Waals surface area contributed by atoms with E-state index in [-0.39, 0.29) is 18.9 Å². The molecule has 0 unspecified atom stereocenters. The van der Waals surface area contributed by atoms with E-state index in [9.17, 15) is 9.59 Å². The first-order valence-electron chi connectivity index (χ1n) is 7.91. The molecule has 1 aromatic carbocycles. The summed E-state index contributed by atoms with van der Waals surface area (Å²) in [4.78, 5) is 25.6. The maximum Gasteiger partial charge on any atom is 0.341 e. The molecule has 0 fully saturated rings. The predicted molar refractivity (Wildman–Crippen MR) is 96.1 cm³/mol. The highest BCUT2D eigenvalue weighted by molar-refractivity contribution is 7.16. The number of hydrogen-bond donors (Lipinski definition) is 1. The number of fused-ring (bicyclic) bond motifs is 1. The molecule has 0 saturated carbocycles. The zero-order valence-corrected chi connectivity index (χ0v) is 15.0. The molecule has 0 aliphatic rings. The number of aromatic nitrogens is 1. The molecule has 0 saturated heterocycles. The van der Waals surface area contributed by atoms with Crippen molar-refractivity contribution in [2.24, 2.45) is 0 Å². The molecule has 1 N–H and O–H groups in total. The Bertz CT molecular complexity index is 942. The van der Waals surface area contributed by atoms with Crippen molar-refractivity contribution in [3.8, 4) is 0 Å². The summed E-state index contributed by atoms with van der Waals surface area (Å²) in [7, 11) is 0. The van der Waals surface area contributed by atoms with E-state index in [1.807, 2.05) is 32.0 Å². The summed E-state index contributed by atoms with van der Waals surface area (Å²) < 4.78 is 10.3. The lowest BCUT2D eigenvalue weighted by Gasteiger charge is -2.06. The molecular formula is C18H18N2O4S. The number of rotatable bonds is 5. The van der Waals surface area contributed by atoms with E-state index in [1.54, 1.807) is 13.0 Å². The van der Waals surface area contributed by atoms with Gasteiger partial charge in [0.05, 0.1) is 18.6 Å². The second-order valence-corrected chi connectivity index (χ2v) is 6.78. The summed E-state index contributed by atoms with van der Waals surface area (Å²) in [6, 6.07) is 7.37. The number of esters is 1. The van der Waals surface area contributed by atoms with Crippen LogP contribution in [0, 0.1) is 13.8 Å². The van der Waals surface area contributed by atoms with Gasteiger partial charge in [-0.25, -0.2) is 4.79 Å². The van der Waals surface area contributed by atoms with Crippen molar-refractivity contribution in [2.45, 2.75) is 27.2 Å². The Morgan fingerprint density at radius 2 is 2.04 bits per heavy atom. The minimum absolute atomic E-state index is 0.0648. The average Bonchev–Trinajstić information content (AvgIpc) is 3.09. The van der Waals surface area contributed by atoms with Crippen LogP contribution in [0.1, 0.15) is 33.4 Å². The van der Waals surface area contributed by atoms with Gasteiger partial charge < -0.3 is 14.6 Å². The van der Waals surface area contributed by atoms with E-state index in [1.165, 1.54) is 11.3 Å². The van der Waals surface area contributed by atoms with Crippen LogP contribution in [0.15, 0.2) is 28.8 Å². The van der Waals surface area contributed by atoms with Crippen molar-refractivity contribution in [1.82, 2.24) is 5.16 Å². The number of nitrogens with one attached hydrogen (secondary N) is 1. The van der Waals surface area contributed by atoms with E-state index in [4.69, 9.17) is 9.26 Å². The third kappa shape index (κ3) is 3.41. The molecule has 2 heterocycles. The van der Waals surface area contributed by atoms with Crippen molar-refractivity contribution in [3.63, 3.8) is 0 Å². The largest absolute Gasteiger partial charge is 0.462 e. The fourth-order valence-electron chi connectivity index (χ4n) is 2.55. The van der Waals surface area contributed by atoms with Gasteiger partial charge in [-0.15, -0.1) is 11.3 Å². The molecule has 7 heteroatoms. The lowest BCUT2D eigenvalue weighted by atomic mass is 10.1. The lowest BCUT2D eigenvalue weighted by Crippen LogP contribution is -2.17. The first-order chi connectivity index (χ1) is 12.0. The standard InChI is InChI=1S/C18H18N2O4S/c1-4-23-18(22)16-10(2)11(3)25-17(16)19-15(21)9-13-12-7-5-6-8-14(12)24-20-13/h5-8H,4,9H2,1-3H3,(H,19,21). The summed E-state index contributed by atoms with van der Waals surface area (Å²) in [5, 5.41) is 8.09. The van der Waals surface area contributed by atoms with Gasteiger partial charge in [-0.2, -0.15) is 0 Å². The van der Waals surface area contributed by atoms with Crippen LogP contribution in [0.5, 0.6) is 0 Å². The number of anilines is 1. The molecule has 0 aliphatic heterocycles. The van der Waals surface area contributed by atoms with E-state index >= 15 is 0 Å². The van der Waals surface area contributed by atoms with Crippen LogP contribution in [0.25, 0.3) is 11.0 Å². The Kier molecular flexibility index (Phi) is 4.85. The summed E-state index contributed by atoms with van der Waals surface area (Å²) in [5.74, 6) is -0.683. The molecule has 0 spiro atoms. The summed E-state index contributed by atoms with van der Waals surface area (Å²) in [6.07, 6.45) is 0.0648. The van der Waals surface area contributed by atoms with Crippen LogP contribution in [0.2, 0.25) is 0 Å². The summed E-state index contributed by atoms with van der Waals surface area (Å²) in [5.41, 5.74) is 2.45. The number of carbonyl (C=O) groups excluding carboxylic acids is 2. The third-order valence-electron chi connectivity index (χ3n) is 3.90. The number of benzene rings is 1. The van der Waals surface area contributed by atoms with Gasteiger partial charge in [-0.3, -0.25) is 4.79 Å². The molecule has 6 nitrogen and oxygen atoms in total. The van der Waals surface area contributed by atoms with Gasteiger partial charge in [0, 0.05) is 10.3 Å². The van der Waals surface area contributed by atoms with Crippen LogP contribution >= 0.6 is 11.3 Å². The number of para-hydroxylation sites is 1. The Labute approximate surface area is 148 Å². The molecule has 3 rings (SSSR count). The second kappa shape index (κ2) is 7.06. The molecule has 1 amide bonds. The average molecular weight is 358 g/mol. The smallest absolute Gasteiger partial charge is 0.341 e. The third-order valence-corrected chi connectivity index (χ3v) is 5.02. The zero-order valence-electron chi connectivity index (χ0n) is 14.2. The molecular weight excluding hydrogens is 340 g/mol. The molecule has 0 bridgehead atoms. The van der Waals surface area contributed by atoms with Gasteiger partial charge in [-0.05, 0) is 38.5 Å². The van der Waals surface area contributed by atoms with Gasteiger partial charge in [0.25, 0.3) is 0 Å². The van der Waals surface area contributed by atoms with Crippen molar-refractivity contribution in [1.29, 1.82) is 0 Å². The number of ether oxygens (including phenoxy) is 1. The molecule has 3 aromatic rings. The minimum atomic E-state index is -0.425. The quantitative estimate of drug-likeness (QED) is 0.700. The first-order valence-corrected chi connectivity index (χ1v) is 8.73. The Morgan fingerprint density at radius 1 is 1.28 bits per heavy atom. The second-order valence-electron chi connectivity index (χ2n) is 5.56. The Balaban J connectivity index is 1.81. The number of carbonyl (C=O) groups is 2. The highest BCUT2D eigenvalue weighted by Gasteiger charge is 2.22. The van der Waals surface area contributed by atoms with Crippen molar-refractivity contribution in [2.75, 3.05) is 11.9 Å². The topological polar surface area (TPSA) is 81.4 Å². The summed E-state index contributed by atoms with van der Waals surface area (Å²) in [6.45, 7) is 5.79. The van der Waals surface area contributed by atoms with Gasteiger partial charge in [0.1, 0.15) is 10.7 Å². The highest BCUT2D eigenvalue weighted by atomic mass is 32.1. The predicted octanol–water partition coefficient (Wildman–Crippen LogP) is 3.86. The molecule has 25 heavy (non-hydrogen) atoms. The normalized spacial score (nSPS) is 10.8. The Morgan fingerprint density at radius 3 is 2.80 bits per heavy atom. The molecule has 130 valence electrons. The summed E-state index contributed by atoms with van der Waals surface area (Å²) >= 11 is 1.36. The van der Waals surface area contributed by atoms with Crippen molar-refractivity contribution >= 4 is 39.2 Å². The fourth-order valence-corrected chi connectivity index (χ4v) is 3.62. The van der Waals surface area contributed by atoms with E-state index in [0.717, 1.165) is 15.8 Å². The molecule has 0 atom stereocenters. The van der Waals surface area contributed by atoms with Gasteiger partial charge in [0.15, 0.2) is 5.58 Å². The van der Waals surface area contributed by atoms with Crippen molar-refractivity contribution in [3.05, 3.63) is 46.0 Å². The molecule has 0 aliphatic carbocycles.